The molecular weight excluding hydrogens is 230 g/mol. The first kappa shape index (κ1) is 15.0. The summed E-state index contributed by atoms with van der Waals surface area (Å²) in [4.78, 5) is 6.56. The third-order valence-corrected chi connectivity index (χ3v) is 2.63. The molecule has 0 saturated heterocycles. The first-order valence-electron chi connectivity index (χ1n) is 6.79. The van der Waals surface area contributed by atoms with Gasteiger partial charge in [0.05, 0.1) is 12.3 Å². The number of hydrogen-bond donors (Lipinski definition) is 1. The minimum Gasteiger partial charge on any atom is -0.432 e. The van der Waals surface area contributed by atoms with Crippen LogP contribution in [0.2, 0.25) is 0 Å². The van der Waals surface area contributed by atoms with E-state index in [2.05, 4.69) is 29.0 Å². The Balaban J connectivity index is 2.42. The zero-order chi connectivity index (χ0) is 13.2. The lowest BCUT2D eigenvalue weighted by Crippen LogP contribution is -2.27. The fourth-order valence-corrected chi connectivity index (χ4v) is 1.62. The molecule has 0 saturated carbocycles. The summed E-state index contributed by atoms with van der Waals surface area (Å²) in [6, 6.07) is 0.686. The molecule has 1 N–H and O–H groups in total. The van der Waals surface area contributed by atoms with E-state index < -0.39 is 0 Å². The Morgan fingerprint density at radius 2 is 2.22 bits per heavy atom. The van der Waals surface area contributed by atoms with Gasteiger partial charge < -0.3 is 19.4 Å². The molecule has 1 aromatic rings. The van der Waals surface area contributed by atoms with Gasteiger partial charge in [0, 0.05) is 26.2 Å². The number of likely N-dealkylation sites (N-methyl/N-ethyl adjacent to an activating group) is 1. The lowest BCUT2D eigenvalue weighted by atomic mass is 10.4. The first-order valence-corrected chi connectivity index (χ1v) is 6.79. The maximum Gasteiger partial charge on any atom is 0.297 e. The first-order chi connectivity index (χ1) is 8.81. The summed E-state index contributed by atoms with van der Waals surface area (Å²) in [5, 5.41) is 3.31. The summed E-state index contributed by atoms with van der Waals surface area (Å²) in [5.74, 6) is 0. The number of anilines is 1. The maximum absolute atomic E-state index is 5.50. The van der Waals surface area contributed by atoms with Crippen molar-refractivity contribution in [3.8, 4) is 0 Å². The Labute approximate surface area is 110 Å². The van der Waals surface area contributed by atoms with Gasteiger partial charge in [-0.05, 0) is 26.8 Å². The summed E-state index contributed by atoms with van der Waals surface area (Å²) >= 11 is 0. The van der Waals surface area contributed by atoms with E-state index in [0.717, 1.165) is 44.9 Å². The van der Waals surface area contributed by atoms with E-state index in [1.165, 1.54) is 0 Å². The highest BCUT2D eigenvalue weighted by Crippen LogP contribution is 2.13. The third kappa shape index (κ3) is 5.06. The molecule has 0 aromatic carbocycles. The SMILES string of the molecule is CCCNCc1coc(N(CC)CCOCC)n1. The Kier molecular flexibility index (Phi) is 7.44. The molecule has 0 atom stereocenters. The highest BCUT2D eigenvalue weighted by atomic mass is 16.5. The lowest BCUT2D eigenvalue weighted by molar-refractivity contribution is 0.153. The number of nitrogens with one attached hydrogen (secondary N) is 1. The highest BCUT2D eigenvalue weighted by molar-refractivity contribution is 5.26. The molecule has 1 rings (SSSR count). The predicted octanol–water partition coefficient (Wildman–Crippen LogP) is 2.04. The second kappa shape index (κ2) is 8.94. The van der Waals surface area contributed by atoms with Crippen LogP contribution < -0.4 is 10.2 Å². The number of hydrogen-bond acceptors (Lipinski definition) is 5. The molecule has 0 spiro atoms. The second-order valence-electron chi connectivity index (χ2n) is 4.07. The molecular formula is C13H25N3O2. The van der Waals surface area contributed by atoms with Crippen LogP contribution in [0, 0.1) is 0 Å². The van der Waals surface area contributed by atoms with Crippen LogP contribution in [0.25, 0.3) is 0 Å². The molecule has 0 unspecified atom stereocenters. The largest absolute Gasteiger partial charge is 0.432 e. The number of nitrogens with zero attached hydrogens (tertiary/aromatic N) is 2. The van der Waals surface area contributed by atoms with Crippen molar-refractivity contribution in [1.82, 2.24) is 10.3 Å². The summed E-state index contributed by atoms with van der Waals surface area (Å²) in [6.07, 6.45) is 2.85. The predicted molar refractivity (Wildman–Crippen MR) is 72.9 cm³/mol. The van der Waals surface area contributed by atoms with Crippen molar-refractivity contribution in [1.29, 1.82) is 0 Å². The monoisotopic (exact) mass is 255 g/mol. The summed E-state index contributed by atoms with van der Waals surface area (Å²) < 4.78 is 10.8. The summed E-state index contributed by atoms with van der Waals surface area (Å²) in [5.41, 5.74) is 0.952. The van der Waals surface area contributed by atoms with Gasteiger partial charge >= 0.3 is 0 Å². The Morgan fingerprint density at radius 3 is 2.89 bits per heavy atom. The molecule has 0 aliphatic heterocycles. The van der Waals surface area contributed by atoms with E-state index in [1.807, 2.05) is 6.92 Å². The molecule has 18 heavy (non-hydrogen) atoms. The summed E-state index contributed by atoms with van der Waals surface area (Å²) in [6.45, 7) is 11.1. The van der Waals surface area contributed by atoms with E-state index >= 15 is 0 Å². The van der Waals surface area contributed by atoms with Crippen molar-refractivity contribution >= 4 is 6.01 Å². The summed E-state index contributed by atoms with van der Waals surface area (Å²) in [7, 11) is 0. The van der Waals surface area contributed by atoms with Crippen LogP contribution in [0.15, 0.2) is 10.7 Å². The van der Waals surface area contributed by atoms with Gasteiger partial charge in [0.1, 0.15) is 6.26 Å². The van der Waals surface area contributed by atoms with Crippen LogP contribution in [0.1, 0.15) is 32.9 Å². The van der Waals surface area contributed by atoms with Crippen LogP contribution in [-0.4, -0.2) is 37.8 Å². The quantitative estimate of drug-likeness (QED) is 0.648. The van der Waals surface area contributed by atoms with Crippen molar-refractivity contribution in [2.75, 3.05) is 37.7 Å². The van der Waals surface area contributed by atoms with Crippen molar-refractivity contribution in [3.05, 3.63) is 12.0 Å². The van der Waals surface area contributed by atoms with Crippen molar-refractivity contribution in [2.24, 2.45) is 0 Å². The molecule has 0 fully saturated rings. The minimum atomic E-state index is 0.686. The lowest BCUT2D eigenvalue weighted by Gasteiger charge is -2.17. The standard InChI is InChI=1S/C13H25N3O2/c1-4-7-14-10-12-11-18-13(15-12)16(5-2)8-9-17-6-3/h11,14H,4-10H2,1-3H3. The van der Waals surface area contributed by atoms with Crippen LogP contribution in [0.4, 0.5) is 6.01 Å². The number of rotatable bonds is 10. The fraction of sp³-hybridized carbons (Fsp3) is 0.769. The zero-order valence-electron chi connectivity index (χ0n) is 11.7. The fourth-order valence-electron chi connectivity index (χ4n) is 1.62. The average molecular weight is 255 g/mol. The molecule has 0 aliphatic carbocycles. The van der Waals surface area contributed by atoms with Gasteiger partial charge in [0.25, 0.3) is 6.01 Å². The molecule has 0 radical (unpaired) electrons. The van der Waals surface area contributed by atoms with Crippen molar-refractivity contribution < 1.29 is 9.15 Å². The third-order valence-electron chi connectivity index (χ3n) is 2.63. The smallest absolute Gasteiger partial charge is 0.297 e. The van der Waals surface area contributed by atoms with Gasteiger partial charge in [-0.25, -0.2) is 0 Å². The van der Waals surface area contributed by atoms with Gasteiger partial charge in [-0.15, -0.1) is 0 Å². The molecule has 5 heteroatoms. The Morgan fingerprint density at radius 1 is 1.39 bits per heavy atom. The Hall–Kier alpha value is -1.07. The second-order valence-corrected chi connectivity index (χ2v) is 4.07. The molecule has 0 bridgehead atoms. The topological polar surface area (TPSA) is 50.5 Å². The van der Waals surface area contributed by atoms with Gasteiger partial charge in [0.15, 0.2) is 0 Å². The molecule has 0 aliphatic rings. The van der Waals surface area contributed by atoms with E-state index in [9.17, 15) is 0 Å². The highest BCUT2D eigenvalue weighted by Gasteiger charge is 2.10. The van der Waals surface area contributed by atoms with E-state index in [4.69, 9.17) is 9.15 Å². The zero-order valence-corrected chi connectivity index (χ0v) is 11.7. The van der Waals surface area contributed by atoms with Crippen LogP contribution in [0.5, 0.6) is 0 Å². The van der Waals surface area contributed by atoms with Crippen LogP contribution in [-0.2, 0) is 11.3 Å². The van der Waals surface area contributed by atoms with Gasteiger partial charge in [-0.2, -0.15) is 4.98 Å². The molecule has 1 aromatic heterocycles. The minimum absolute atomic E-state index is 0.686. The number of ether oxygens (including phenoxy) is 1. The molecule has 0 amide bonds. The van der Waals surface area contributed by atoms with Gasteiger partial charge in [-0.1, -0.05) is 6.92 Å². The number of aromatic nitrogens is 1. The van der Waals surface area contributed by atoms with E-state index in [-0.39, 0.29) is 0 Å². The molecule has 1 heterocycles. The number of oxazole rings is 1. The van der Waals surface area contributed by atoms with Crippen molar-refractivity contribution in [3.63, 3.8) is 0 Å². The van der Waals surface area contributed by atoms with Crippen LogP contribution in [0.3, 0.4) is 0 Å². The van der Waals surface area contributed by atoms with Crippen molar-refractivity contribution in [2.45, 2.75) is 33.7 Å². The van der Waals surface area contributed by atoms with Gasteiger partial charge in [-0.3, -0.25) is 0 Å². The van der Waals surface area contributed by atoms with Gasteiger partial charge in [0.2, 0.25) is 0 Å². The normalized spacial score (nSPS) is 10.8. The molecule has 5 nitrogen and oxygen atoms in total. The van der Waals surface area contributed by atoms with E-state index in [1.54, 1.807) is 6.26 Å². The average Bonchev–Trinajstić information content (AvgIpc) is 2.84. The molecule has 104 valence electrons. The van der Waals surface area contributed by atoms with Crippen LogP contribution >= 0.6 is 0 Å². The van der Waals surface area contributed by atoms with E-state index in [0.29, 0.717) is 12.6 Å². The maximum atomic E-state index is 5.50. The Bertz CT molecular complexity index is 315.